The molecule has 0 bridgehead atoms. The fourth-order valence-corrected chi connectivity index (χ4v) is 2.08. The molecule has 0 N–H and O–H groups in total. The largest absolute Gasteiger partial charge is 0.461 e. The number of nitrogens with zero attached hydrogens (tertiary/aromatic N) is 1. The van der Waals surface area contributed by atoms with Gasteiger partial charge in [0, 0.05) is 6.20 Å². The first-order valence-electron chi connectivity index (χ1n) is 5.54. The molecule has 1 heterocycles. The second-order valence-corrected chi connectivity index (χ2v) is 3.91. The van der Waals surface area contributed by atoms with Crippen LogP contribution >= 0.6 is 0 Å². The summed E-state index contributed by atoms with van der Waals surface area (Å²) in [7, 11) is 0. The van der Waals surface area contributed by atoms with Crippen molar-refractivity contribution in [1.29, 1.82) is 0 Å². The van der Waals surface area contributed by atoms with E-state index in [-0.39, 0.29) is 18.5 Å². The van der Waals surface area contributed by atoms with Gasteiger partial charge in [0.05, 0.1) is 11.6 Å². The molecule has 1 aromatic heterocycles. The van der Waals surface area contributed by atoms with Crippen molar-refractivity contribution in [2.24, 2.45) is 0 Å². The lowest BCUT2D eigenvalue weighted by atomic mass is 9.87. The summed E-state index contributed by atoms with van der Waals surface area (Å²) in [6.07, 6.45) is 6.18. The topological polar surface area (TPSA) is 39.2 Å². The molecule has 0 aliphatic heterocycles. The molecule has 1 atom stereocenters. The van der Waals surface area contributed by atoms with Gasteiger partial charge < -0.3 is 4.74 Å². The van der Waals surface area contributed by atoms with E-state index in [1.165, 1.54) is 5.56 Å². The van der Waals surface area contributed by atoms with E-state index in [1.54, 1.807) is 12.3 Å². The molecular weight excluding hydrogens is 202 g/mol. The molecule has 1 unspecified atom stereocenters. The average Bonchev–Trinajstić information content (AvgIpc) is 2.35. The fraction of sp³-hybridized carbons (Fsp3) is 0.385. The van der Waals surface area contributed by atoms with Gasteiger partial charge in [-0.05, 0) is 30.9 Å². The van der Waals surface area contributed by atoms with Gasteiger partial charge in [0.25, 0.3) is 0 Å². The Morgan fingerprint density at radius 2 is 2.56 bits per heavy atom. The minimum atomic E-state index is -0.190. The molecule has 0 aromatic carbocycles. The second-order valence-electron chi connectivity index (χ2n) is 3.91. The molecule has 3 heteroatoms. The Hall–Kier alpha value is -1.64. The molecule has 2 rings (SSSR count). The summed E-state index contributed by atoms with van der Waals surface area (Å²) in [6.45, 7) is 3.80. The molecule has 0 radical (unpaired) electrons. The Morgan fingerprint density at radius 3 is 3.38 bits per heavy atom. The number of pyridine rings is 1. The highest BCUT2D eigenvalue weighted by Gasteiger charge is 2.28. The lowest BCUT2D eigenvalue weighted by Crippen LogP contribution is -2.22. The highest BCUT2D eigenvalue weighted by atomic mass is 16.5. The molecule has 0 spiro atoms. The van der Waals surface area contributed by atoms with Gasteiger partial charge in [-0.1, -0.05) is 18.7 Å². The lowest BCUT2D eigenvalue weighted by molar-refractivity contribution is -0.144. The zero-order chi connectivity index (χ0) is 11.4. The fourth-order valence-electron chi connectivity index (χ4n) is 2.08. The summed E-state index contributed by atoms with van der Waals surface area (Å²) in [5.74, 6) is -0.371. The molecule has 1 aliphatic rings. The number of fused-ring (bicyclic) bond motifs is 1. The Kier molecular flexibility index (Phi) is 3.34. The van der Waals surface area contributed by atoms with Crippen molar-refractivity contribution in [3.05, 3.63) is 42.2 Å². The van der Waals surface area contributed by atoms with Gasteiger partial charge >= 0.3 is 5.97 Å². The molecule has 1 aliphatic carbocycles. The van der Waals surface area contributed by atoms with Gasteiger partial charge in [0.15, 0.2) is 0 Å². The van der Waals surface area contributed by atoms with Crippen LogP contribution in [0, 0.1) is 0 Å². The van der Waals surface area contributed by atoms with Crippen LogP contribution in [0.3, 0.4) is 0 Å². The lowest BCUT2D eigenvalue weighted by Gasteiger charge is -2.22. The number of hydrogen-bond donors (Lipinski definition) is 0. The molecule has 0 fully saturated rings. The summed E-state index contributed by atoms with van der Waals surface area (Å²) in [4.78, 5) is 16.1. The third-order valence-corrected chi connectivity index (χ3v) is 2.82. The highest BCUT2D eigenvalue weighted by Crippen LogP contribution is 2.30. The van der Waals surface area contributed by atoms with Gasteiger partial charge in [-0.2, -0.15) is 0 Å². The van der Waals surface area contributed by atoms with Crippen LogP contribution in [0.5, 0.6) is 0 Å². The predicted molar refractivity (Wildman–Crippen MR) is 61.1 cm³/mol. The molecule has 3 nitrogen and oxygen atoms in total. The number of hydrogen-bond acceptors (Lipinski definition) is 3. The quantitative estimate of drug-likeness (QED) is 0.575. The van der Waals surface area contributed by atoms with Crippen LogP contribution in [0.25, 0.3) is 0 Å². The van der Waals surface area contributed by atoms with E-state index >= 15 is 0 Å². The first-order valence-corrected chi connectivity index (χ1v) is 5.54. The van der Waals surface area contributed by atoms with Crippen molar-refractivity contribution in [3.8, 4) is 0 Å². The molecule has 16 heavy (non-hydrogen) atoms. The van der Waals surface area contributed by atoms with E-state index in [1.807, 2.05) is 12.1 Å². The predicted octanol–water partition coefficient (Wildman–Crippen LogP) is 2.23. The van der Waals surface area contributed by atoms with Crippen LogP contribution in [0.4, 0.5) is 0 Å². The van der Waals surface area contributed by atoms with Gasteiger partial charge in [-0.15, -0.1) is 0 Å². The third-order valence-electron chi connectivity index (χ3n) is 2.82. The maximum absolute atomic E-state index is 11.8. The smallest absolute Gasteiger partial charge is 0.315 e. The van der Waals surface area contributed by atoms with E-state index in [4.69, 9.17) is 4.74 Å². The summed E-state index contributed by atoms with van der Waals surface area (Å²) in [6, 6.07) is 3.95. The van der Waals surface area contributed by atoms with Crippen molar-refractivity contribution < 1.29 is 9.53 Å². The molecule has 0 amide bonds. The maximum Gasteiger partial charge on any atom is 0.315 e. The summed E-state index contributed by atoms with van der Waals surface area (Å²) in [5.41, 5.74) is 2.07. The number of esters is 1. The van der Waals surface area contributed by atoms with Crippen LogP contribution in [0.1, 0.15) is 30.0 Å². The Labute approximate surface area is 95.2 Å². The van der Waals surface area contributed by atoms with Crippen molar-refractivity contribution in [2.75, 3.05) is 6.61 Å². The maximum atomic E-state index is 11.8. The zero-order valence-electron chi connectivity index (χ0n) is 9.19. The van der Waals surface area contributed by atoms with Crippen LogP contribution in [-0.2, 0) is 16.0 Å². The minimum Gasteiger partial charge on any atom is -0.461 e. The second kappa shape index (κ2) is 4.92. The van der Waals surface area contributed by atoms with Gasteiger partial charge in [-0.25, -0.2) is 0 Å². The van der Waals surface area contributed by atoms with Crippen molar-refractivity contribution >= 4 is 5.97 Å². The standard InChI is InChI=1S/C13H15NO2/c1-2-9-16-13(15)11-7-3-5-10-6-4-8-14-12(10)11/h2,4,6,8,11H,1,3,5,7,9H2. The normalized spacial score (nSPS) is 18.6. The van der Waals surface area contributed by atoms with Gasteiger partial charge in [0.2, 0.25) is 0 Å². The molecule has 0 saturated heterocycles. The molecular formula is C13H15NO2. The van der Waals surface area contributed by atoms with Crippen LogP contribution < -0.4 is 0 Å². The molecule has 0 saturated carbocycles. The van der Waals surface area contributed by atoms with Crippen LogP contribution in [-0.4, -0.2) is 17.6 Å². The number of rotatable bonds is 3. The first kappa shape index (κ1) is 10.9. The van der Waals surface area contributed by atoms with E-state index in [2.05, 4.69) is 11.6 Å². The minimum absolute atomic E-state index is 0.181. The van der Waals surface area contributed by atoms with E-state index in [0.717, 1.165) is 25.0 Å². The van der Waals surface area contributed by atoms with E-state index < -0.39 is 0 Å². The zero-order valence-corrected chi connectivity index (χ0v) is 9.19. The van der Waals surface area contributed by atoms with Crippen molar-refractivity contribution in [2.45, 2.75) is 25.2 Å². The number of aryl methyl sites for hydroxylation is 1. The summed E-state index contributed by atoms with van der Waals surface area (Å²) < 4.78 is 5.09. The Morgan fingerprint density at radius 1 is 1.69 bits per heavy atom. The first-order chi connectivity index (χ1) is 7.83. The average molecular weight is 217 g/mol. The Bertz CT molecular complexity index is 401. The van der Waals surface area contributed by atoms with Gasteiger partial charge in [-0.3, -0.25) is 9.78 Å². The molecule has 84 valence electrons. The number of aromatic nitrogens is 1. The number of carbonyl (C=O) groups is 1. The van der Waals surface area contributed by atoms with E-state index in [0.29, 0.717) is 0 Å². The monoisotopic (exact) mass is 217 g/mol. The van der Waals surface area contributed by atoms with Crippen LogP contribution in [0.15, 0.2) is 31.0 Å². The third kappa shape index (κ3) is 2.13. The van der Waals surface area contributed by atoms with Crippen molar-refractivity contribution in [3.63, 3.8) is 0 Å². The van der Waals surface area contributed by atoms with Crippen LogP contribution in [0.2, 0.25) is 0 Å². The van der Waals surface area contributed by atoms with Crippen molar-refractivity contribution in [1.82, 2.24) is 4.98 Å². The SMILES string of the molecule is C=CCOC(=O)C1CCCc2cccnc21. The summed E-state index contributed by atoms with van der Waals surface area (Å²) >= 11 is 0. The van der Waals surface area contributed by atoms with E-state index in [9.17, 15) is 4.79 Å². The van der Waals surface area contributed by atoms with Gasteiger partial charge in [0.1, 0.15) is 6.61 Å². The number of ether oxygens (including phenoxy) is 1. The highest BCUT2D eigenvalue weighted by molar-refractivity contribution is 5.78. The Balaban J connectivity index is 2.18. The summed E-state index contributed by atoms with van der Waals surface area (Å²) in [5, 5.41) is 0. The molecule has 1 aromatic rings. The number of carbonyl (C=O) groups excluding carboxylic acids is 1.